The monoisotopic (exact) mass is 404 g/mol. The minimum atomic E-state index is -0.290. The summed E-state index contributed by atoms with van der Waals surface area (Å²) in [5, 5.41) is 10.1. The van der Waals surface area contributed by atoms with Crippen molar-refractivity contribution in [3.8, 4) is 5.75 Å². The van der Waals surface area contributed by atoms with Crippen molar-refractivity contribution in [1.82, 2.24) is 15.1 Å². The number of hydrogen-bond donors (Lipinski definition) is 2. The maximum atomic E-state index is 12.4. The Kier molecular flexibility index (Phi) is 6.94. The summed E-state index contributed by atoms with van der Waals surface area (Å²) in [5.41, 5.74) is 2.94. The molecule has 28 heavy (non-hydrogen) atoms. The van der Waals surface area contributed by atoms with Crippen LogP contribution in [-0.4, -0.2) is 48.5 Å². The van der Waals surface area contributed by atoms with Gasteiger partial charge in [-0.05, 0) is 24.6 Å². The van der Waals surface area contributed by atoms with Crippen molar-refractivity contribution in [3.05, 3.63) is 41.1 Å². The molecule has 0 unspecified atom stereocenters. The molecule has 0 spiro atoms. The summed E-state index contributed by atoms with van der Waals surface area (Å²) in [6.07, 6.45) is 0. The Morgan fingerprint density at radius 3 is 2.93 bits per heavy atom. The summed E-state index contributed by atoms with van der Waals surface area (Å²) < 4.78 is 12.0. The van der Waals surface area contributed by atoms with Crippen LogP contribution < -0.4 is 15.4 Å². The van der Waals surface area contributed by atoms with Crippen LogP contribution in [0.1, 0.15) is 16.8 Å². The number of anilines is 1. The Balaban J connectivity index is 1.63. The van der Waals surface area contributed by atoms with Gasteiger partial charge in [-0.3, -0.25) is 9.59 Å². The van der Waals surface area contributed by atoms with Crippen LogP contribution in [0.4, 0.5) is 5.82 Å². The number of thioether (sulfide) groups is 1. The van der Waals surface area contributed by atoms with Gasteiger partial charge in [0.1, 0.15) is 18.1 Å². The van der Waals surface area contributed by atoms with Gasteiger partial charge in [0.2, 0.25) is 5.91 Å². The second-order valence-corrected chi connectivity index (χ2v) is 7.41. The van der Waals surface area contributed by atoms with Crippen molar-refractivity contribution in [1.29, 1.82) is 0 Å². The van der Waals surface area contributed by atoms with E-state index in [9.17, 15) is 9.59 Å². The summed E-state index contributed by atoms with van der Waals surface area (Å²) in [5.74, 6) is 2.27. The summed E-state index contributed by atoms with van der Waals surface area (Å²) >= 11 is 1.73. The first-order chi connectivity index (χ1) is 13.6. The van der Waals surface area contributed by atoms with Gasteiger partial charge in [0, 0.05) is 30.7 Å². The second kappa shape index (κ2) is 9.61. The molecule has 3 rings (SSSR count). The van der Waals surface area contributed by atoms with E-state index in [1.165, 1.54) is 0 Å². The molecule has 0 saturated carbocycles. The lowest BCUT2D eigenvalue weighted by Gasteiger charge is -2.12. The molecule has 2 aromatic rings. The van der Waals surface area contributed by atoms with Crippen molar-refractivity contribution < 1.29 is 19.1 Å². The fraction of sp³-hybridized carbons (Fsp3) is 0.421. The Morgan fingerprint density at radius 1 is 1.29 bits per heavy atom. The van der Waals surface area contributed by atoms with Crippen molar-refractivity contribution in [3.63, 3.8) is 0 Å². The molecule has 2 N–H and O–H groups in total. The van der Waals surface area contributed by atoms with Crippen LogP contribution in [0, 0.1) is 6.92 Å². The van der Waals surface area contributed by atoms with E-state index in [4.69, 9.17) is 9.47 Å². The largest absolute Gasteiger partial charge is 0.484 e. The number of ether oxygens (including phenoxy) is 2. The molecule has 8 nitrogen and oxygen atoms in total. The van der Waals surface area contributed by atoms with Crippen LogP contribution in [0.2, 0.25) is 0 Å². The fourth-order valence-corrected chi connectivity index (χ4v) is 3.86. The molecule has 0 saturated heterocycles. The van der Waals surface area contributed by atoms with Crippen molar-refractivity contribution >= 4 is 29.4 Å². The first-order valence-corrected chi connectivity index (χ1v) is 10.1. The zero-order valence-electron chi connectivity index (χ0n) is 16.0. The minimum Gasteiger partial charge on any atom is -0.484 e. The molecule has 150 valence electrons. The standard InChI is InChI=1S/C19H24N4O4S/c1-13-4-3-5-14(8-13)27-10-18(25)21-19-15-11-28-12-16(15)22-23(19)9-17(24)20-6-7-26-2/h3-5,8H,6-7,9-12H2,1-2H3,(H,20,24)(H,21,25). The zero-order chi connectivity index (χ0) is 19.9. The van der Waals surface area contributed by atoms with E-state index >= 15 is 0 Å². The van der Waals surface area contributed by atoms with Crippen LogP contribution in [-0.2, 0) is 32.4 Å². The van der Waals surface area contributed by atoms with Crippen LogP contribution >= 0.6 is 11.8 Å². The van der Waals surface area contributed by atoms with Crippen LogP contribution in [0.5, 0.6) is 5.75 Å². The summed E-state index contributed by atoms with van der Waals surface area (Å²) in [4.78, 5) is 24.5. The lowest BCUT2D eigenvalue weighted by atomic mass is 10.2. The molecule has 1 aromatic carbocycles. The molecule has 1 aromatic heterocycles. The molecule has 2 heterocycles. The molecular weight excluding hydrogens is 380 g/mol. The van der Waals surface area contributed by atoms with Crippen LogP contribution in [0.3, 0.4) is 0 Å². The van der Waals surface area contributed by atoms with Gasteiger partial charge in [0.15, 0.2) is 6.61 Å². The number of hydrogen-bond acceptors (Lipinski definition) is 6. The zero-order valence-corrected chi connectivity index (χ0v) is 16.8. The number of aromatic nitrogens is 2. The van der Waals surface area contributed by atoms with E-state index in [2.05, 4.69) is 15.7 Å². The molecule has 2 amide bonds. The maximum absolute atomic E-state index is 12.4. The van der Waals surface area contributed by atoms with E-state index in [-0.39, 0.29) is 25.0 Å². The van der Waals surface area contributed by atoms with Gasteiger partial charge >= 0.3 is 0 Å². The molecular formula is C19H24N4O4S. The van der Waals surface area contributed by atoms with Gasteiger partial charge in [-0.1, -0.05) is 12.1 Å². The quantitative estimate of drug-likeness (QED) is 0.618. The predicted octanol–water partition coefficient (Wildman–Crippen LogP) is 1.72. The SMILES string of the molecule is COCCNC(=O)Cn1nc2c(c1NC(=O)COc1cccc(C)c1)CSC2. The van der Waals surface area contributed by atoms with Crippen molar-refractivity contribution in [2.45, 2.75) is 25.0 Å². The number of benzene rings is 1. The first-order valence-electron chi connectivity index (χ1n) is 8.98. The van der Waals surface area contributed by atoms with E-state index in [1.807, 2.05) is 31.2 Å². The second-order valence-electron chi connectivity index (χ2n) is 6.42. The molecule has 1 aliphatic rings. The number of fused-ring (bicyclic) bond motifs is 1. The molecule has 1 aliphatic heterocycles. The molecule has 0 aliphatic carbocycles. The van der Waals surface area contributed by atoms with Crippen LogP contribution in [0.15, 0.2) is 24.3 Å². The van der Waals surface area contributed by atoms with Crippen LogP contribution in [0.25, 0.3) is 0 Å². The van der Waals surface area contributed by atoms with E-state index in [1.54, 1.807) is 23.6 Å². The lowest BCUT2D eigenvalue weighted by molar-refractivity contribution is -0.122. The van der Waals surface area contributed by atoms with E-state index < -0.39 is 0 Å². The summed E-state index contributed by atoms with van der Waals surface area (Å²) in [6.45, 7) is 2.76. The highest BCUT2D eigenvalue weighted by atomic mass is 32.2. The molecule has 9 heteroatoms. The molecule has 0 radical (unpaired) electrons. The smallest absolute Gasteiger partial charge is 0.263 e. The predicted molar refractivity (Wildman–Crippen MR) is 107 cm³/mol. The van der Waals surface area contributed by atoms with Crippen molar-refractivity contribution in [2.24, 2.45) is 0 Å². The average molecular weight is 404 g/mol. The summed E-state index contributed by atoms with van der Waals surface area (Å²) in [7, 11) is 1.58. The average Bonchev–Trinajstić information content (AvgIpc) is 3.23. The normalized spacial score (nSPS) is 12.5. The number of carbonyl (C=O) groups is 2. The number of rotatable bonds is 9. The van der Waals surface area contributed by atoms with Gasteiger partial charge in [-0.15, -0.1) is 0 Å². The highest BCUT2D eigenvalue weighted by Crippen LogP contribution is 2.34. The molecule has 0 fully saturated rings. The number of nitrogens with one attached hydrogen (secondary N) is 2. The fourth-order valence-electron chi connectivity index (χ4n) is 2.83. The number of aryl methyl sites for hydroxylation is 1. The summed E-state index contributed by atoms with van der Waals surface area (Å²) in [6, 6.07) is 7.52. The third kappa shape index (κ3) is 5.26. The van der Waals surface area contributed by atoms with E-state index in [0.717, 1.165) is 28.3 Å². The number of carbonyl (C=O) groups excluding carboxylic acids is 2. The third-order valence-electron chi connectivity index (χ3n) is 4.16. The van der Waals surface area contributed by atoms with Gasteiger partial charge in [0.25, 0.3) is 5.91 Å². The topological polar surface area (TPSA) is 94.5 Å². The molecule has 0 bridgehead atoms. The Morgan fingerprint density at radius 2 is 2.14 bits per heavy atom. The minimum absolute atomic E-state index is 0.0374. The highest BCUT2D eigenvalue weighted by molar-refractivity contribution is 7.98. The van der Waals surface area contributed by atoms with Gasteiger partial charge in [-0.2, -0.15) is 16.9 Å². The van der Waals surface area contributed by atoms with Gasteiger partial charge in [0.05, 0.1) is 12.3 Å². The Bertz CT molecular complexity index is 852. The highest BCUT2D eigenvalue weighted by Gasteiger charge is 2.25. The Hall–Kier alpha value is -2.52. The Labute approximate surface area is 168 Å². The van der Waals surface area contributed by atoms with E-state index in [0.29, 0.717) is 24.7 Å². The first kappa shape index (κ1) is 20.2. The molecule has 0 atom stereocenters. The van der Waals surface area contributed by atoms with Crippen molar-refractivity contribution in [2.75, 3.05) is 32.2 Å². The number of amides is 2. The van der Waals surface area contributed by atoms with Gasteiger partial charge in [-0.25, -0.2) is 4.68 Å². The third-order valence-corrected chi connectivity index (χ3v) is 5.13. The number of methoxy groups -OCH3 is 1. The lowest BCUT2D eigenvalue weighted by Crippen LogP contribution is -2.31. The maximum Gasteiger partial charge on any atom is 0.263 e. The number of nitrogens with zero attached hydrogens (tertiary/aromatic N) is 2. The van der Waals surface area contributed by atoms with Gasteiger partial charge < -0.3 is 20.1 Å².